The van der Waals surface area contributed by atoms with Gasteiger partial charge < -0.3 is 4.57 Å². The van der Waals surface area contributed by atoms with E-state index in [4.69, 9.17) is 0 Å². The van der Waals surface area contributed by atoms with Crippen molar-refractivity contribution in [2.24, 2.45) is 7.05 Å². The molecule has 0 N–H and O–H groups in total. The number of aryl methyl sites for hydroxylation is 1. The zero-order valence-corrected chi connectivity index (χ0v) is 10.6. The van der Waals surface area contributed by atoms with Crippen molar-refractivity contribution in [2.75, 3.05) is 0 Å². The average Bonchev–Trinajstić information content (AvgIpc) is 2.61. The Morgan fingerprint density at radius 3 is 2.67 bits per heavy atom. The van der Waals surface area contributed by atoms with Gasteiger partial charge in [0.25, 0.3) is 0 Å². The molecular formula is C11H13BrN2O. The number of aldehydes is 1. The maximum atomic E-state index is 10.6. The topological polar surface area (TPSA) is 34.9 Å². The summed E-state index contributed by atoms with van der Waals surface area (Å²) in [6.45, 7) is 4.00. The molecule has 0 unspecified atom stereocenters. The molecule has 0 fully saturated rings. The van der Waals surface area contributed by atoms with Crippen LogP contribution in [0.4, 0.5) is 0 Å². The third kappa shape index (κ3) is 2.09. The lowest BCUT2D eigenvalue weighted by atomic mass is 10.3. The van der Waals surface area contributed by atoms with Crippen LogP contribution < -0.4 is 0 Å². The van der Waals surface area contributed by atoms with Gasteiger partial charge in [-0.15, -0.1) is 0 Å². The third-order valence-electron chi connectivity index (χ3n) is 2.03. The van der Waals surface area contributed by atoms with Crippen molar-refractivity contribution in [1.29, 1.82) is 0 Å². The molecule has 2 rings (SSSR count). The van der Waals surface area contributed by atoms with Crippen LogP contribution in [0.2, 0.25) is 0 Å². The van der Waals surface area contributed by atoms with Crippen LogP contribution in [-0.2, 0) is 7.05 Å². The number of nitrogens with zero attached hydrogens (tertiary/aromatic N) is 2. The van der Waals surface area contributed by atoms with Gasteiger partial charge in [0.1, 0.15) is 5.65 Å². The van der Waals surface area contributed by atoms with Gasteiger partial charge >= 0.3 is 0 Å². The lowest BCUT2D eigenvalue weighted by Gasteiger charge is -1.96. The predicted octanol–water partition coefficient (Wildman–Crippen LogP) is 3.17. The number of hydrogen-bond acceptors (Lipinski definition) is 2. The summed E-state index contributed by atoms with van der Waals surface area (Å²) in [6.07, 6.45) is 2.54. The van der Waals surface area contributed by atoms with Crippen LogP contribution in [0.1, 0.15) is 24.3 Å². The third-order valence-corrected chi connectivity index (χ3v) is 2.73. The molecule has 0 aliphatic carbocycles. The molecule has 2 aromatic rings. The number of fused-ring (bicyclic) bond motifs is 1. The molecule has 0 aliphatic heterocycles. The largest absolute Gasteiger partial charge is 0.326 e. The minimum Gasteiger partial charge on any atom is -0.326 e. The average molecular weight is 269 g/mol. The van der Waals surface area contributed by atoms with E-state index < -0.39 is 0 Å². The van der Waals surface area contributed by atoms with Gasteiger partial charge in [-0.2, -0.15) is 0 Å². The summed E-state index contributed by atoms with van der Waals surface area (Å²) >= 11 is 3.40. The first-order chi connectivity index (χ1) is 7.24. The number of aromatic nitrogens is 2. The summed E-state index contributed by atoms with van der Waals surface area (Å²) in [4.78, 5) is 14.8. The smallest absolute Gasteiger partial charge is 0.166 e. The Morgan fingerprint density at radius 2 is 2.13 bits per heavy atom. The van der Waals surface area contributed by atoms with Gasteiger partial charge in [0.15, 0.2) is 6.29 Å². The highest BCUT2D eigenvalue weighted by molar-refractivity contribution is 9.10. The van der Waals surface area contributed by atoms with Crippen LogP contribution in [0.15, 0.2) is 22.8 Å². The first-order valence-electron chi connectivity index (χ1n) is 4.79. The molecule has 15 heavy (non-hydrogen) atoms. The molecule has 0 aromatic carbocycles. The summed E-state index contributed by atoms with van der Waals surface area (Å²) in [6, 6.07) is 3.68. The maximum Gasteiger partial charge on any atom is 0.166 e. The second kappa shape index (κ2) is 5.07. The van der Waals surface area contributed by atoms with E-state index in [1.165, 1.54) is 0 Å². The molecule has 2 aromatic heterocycles. The summed E-state index contributed by atoms with van der Waals surface area (Å²) < 4.78 is 2.73. The molecule has 0 saturated heterocycles. The maximum absolute atomic E-state index is 10.6. The molecule has 3 nitrogen and oxygen atoms in total. The van der Waals surface area contributed by atoms with Crippen molar-refractivity contribution in [3.63, 3.8) is 0 Å². The van der Waals surface area contributed by atoms with Gasteiger partial charge in [-0.25, -0.2) is 4.98 Å². The normalized spacial score (nSPS) is 9.60. The van der Waals surface area contributed by atoms with Crippen molar-refractivity contribution >= 4 is 33.2 Å². The molecular weight excluding hydrogens is 256 g/mol. The quantitative estimate of drug-likeness (QED) is 0.745. The Kier molecular flexibility index (Phi) is 4.03. The van der Waals surface area contributed by atoms with E-state index in [-0.39, 0.29) is 0 Å². The van der Waals surface area contributed by atoms with Crippen LogP contribution in [0.25, 0.3) is 11.0 Å². The number of halogens is 1. The summed E-state index contributed by atoms with van der Waals surface area (Å²) in [7, 11) is 1.82. The minimum atomic E-state index is 0.634. The van der Waals surface area contributed by atoms with Crippen molar-refractivity contribution < 1.29 is 4.79 Å². The van der Waals surface area contributed by atoms with Gasteiger partial charge in [-0.3, -0.25) is 4.79 Å². The second-order valence-corrected chi connectivity index (χ2v) is 3.63. The molecule has 4 heteroatoms. The summed E-state index contributed by atoms with van der Waals surface area (Å²) in [5.74, 6) is 0. The lowest BCUT2D eigenvalue weighted by Crippen LogP contribution is -1.94. The Bertz CT molecular complexity index is 477. The number of hydrogen-bond donors (Lipinski definition) is 0. The Balaban J connectivity index is 0.000000531. The van der Waals surface area contributed by atoms with Crippen molar-refractivity contribution in [3.8, 4) is 0 Å². The predicted molar refractivity (Wildman–Crippen MR) is 65.1 cm³/mol. The summed E-state index contributed by atoms with van der Waals surface area (Å²) in [5, 5.41) is 0.965. The fourth-order valence-electron chi connectivity index (χ4n) is 1.32. The van der Waals surface area contributed by atoms with Crippen LogP contribution in [0.3, 0.4) is 0 Å². The van der Waals surface area contributed by atoms with Gasteiger partial charge in [-0.1, -0.05) is 13.8 Å². The zero-order valence-electron chi connectivity index (χ0n) is 8.99. The van der Waals surface area contributed by atoms with E-state index in [0.717, 1.165) is 21.8 Å². The highest BCUT2D eigenvalue weighted by atomic mass is 79.9. The second-order valence-electron chi connectivity index (χ2n) is 2.78. The molecule has 0 saturated carbocycles. The lowest BCUT2D eigenvalue weighted by molar-refractivity contribution is 0.111. The number of rotatable bonds is 1. The van der Waals surface area contributed by atoms with Gasteiger partial charge in [0.05, 0.1) is 5.69 Å². The molecule has 0 bridgehead atoms. The highest BCUT2D eigenvalue weighted by Gasteiger charge is 2.07. The van der Waals surface area contributed by atoms with Gasteiger partial charge in [-0.05, 0) is 28.1 Å². The van der Waals surface area contributed by atoms with E-state index in [1.807, 2.05) is 33.0 Å². The molecule has 2 heterocycles. The SMILES string of the molecule is CC.Cn1c(C=O)cc2c(Br)ccnc21. The fourth-order valence-corrected chi connectivity index (χ4v) is 1.73. The van der Waals surface area contributed by atoms with E-state index in [9.17, 15) is 4.79 Å². The Hall–Kier alpha value is -1.16. The van der Waals surface area contributed by atoms with E-state index in [1.54, 1.807) is 10.8 Å². The van der Waals surface area contributed by atoms with E-state index >= 15 is 0 Å². The van der Waals surface area contributed by atoms with Crippen LogP contribution in [-0.4, -0.2) is 15.8 Å². The first-order valence-corrected chi connectivity index (χ1v) is 5.58. The number of carbonyl (C=O) groups excluding carboxylic acids is 1. The Morgan fingerprint density at radius 1 is 1.47 bits per heavy atom. The molecule has 0 spiro atoms. The monoisotopic (exact) mass is 268 g/mol. The van der Waals surface area contributed by atoms with Crippen molar-refractivity contribution in [2.45, 2.75) is 13.8 Å². The Labute approximate surface area is 97.2 Å². The van der Waals surface area contributed by atoms with Crippen LogP contribution in [0, 0.1) is 0 Å². The highest BCUT2D eigenvalue weighted by Crippen LogP contribution is 2.23. The molecule has 0 atom stereocenters. The fraction of sp³-hybridized carbons (Fsp3) is 0.273. The van der Waals surface area contributed by atoms with E-state index in [0.29, 0.717) is 5.69 Å². The van der Waals surface area contributed by atoms with Gasteiger partial charge in [0, 0.05) is 23.1 Å². The standard InChI is InChI=1S/C9H7BrN2O.C2H6/c1-12-6(5-13)4-7-8(10)2-3-11-9(7)12;1-2/h2-5H,1H3;1-2H3. The van der Waals surface area contributed by atoms with E-state index in [2.05, 4.69) is 20.9 Å². The molecule has 80 valence electrons. The van der Waals surface area contributed by atoms with Crippen molar-refractivity contribution in [1.82, 2.24) is 9.55 Å². The van der Waals surface area contributed by atoms with Crippen LogP contribution in [0.5, 0.6) is 0 Å². The van der Waals surface area contributed by atoms with Gasteiger partial charge in [0.2, 0.25) is 0 Å². The summed E-state index contributed by atoms with van der Waals surface area (Å²) in [5.41, 5.74) is 1.45. The molecule has 0 radical (unpaired) electrons. The minimum absolute atomic E-state index is 0.634. The van der Waals surface area contributed by atoms with Crippen molar-refractivity contribution in [3.05, 3.63) is 28.5 Å². The molecule has 0 amide bonds. The van der Waals surface area contributed by atoms with Crippen LogP contribution >= 0.6 is 15.9 Å². The molecule has 0 aliphatic rings. The zero-order chi connectivity index (χ0) is 11.4. The first kappa shape index (κ1) is 11.9. The number of carbonyl (C=O) groups is 1. The number of pyridine rings is 1.